The van der Waals surface area contributed by atoms with E-state index in [1.165, 1.54) is 5.56 Å². The van der Waals surface area contributed by atoms with E-state index in [1.54, 1.807) is 4.90 Å². The maximum Gasteiger partial charge on any atom is 0.322 e. The molecule has 0 saturated carbocycles. The van der Waals surface area contributed by atoms with Crippen molar-refractivity contribution >= 4 is 17.7 Å². The number of aromatic nitrogens is 2. The number of rotatable bonds is 4. The number of anilines is 2. The van der Waals surface area contributed by atoms with Crippen molar-refractivity contribution in [2.45, 2.75) is 19.9 Å². The number of nitrogens with zero attached hydrogens (tertiary/aromatic N) is 5. The molecule has 5 rings (SSSR count). The molecule has 0 bridgehead atoms. The number of carbonyl (C=O) groups is 1. The third-order valence-electron chi connectivity index (χ3n) is 6.34. The molecule has 0 atom stereocenters. The molecule has 1 saturated heterocycles. The highest BCUT2D eigenvalue weighted by Gasteiger charge is 2.28. The molecule has 2 aromatic carbocycles. The van der Waals surface area contributed by atoms with Crippen LogP contribution in [0, 0.1) is 6.92 Å². The van der Waals surface area contributed by atoms with Crippen molar-refractivity contribution in [3.63, 3.8) is 0 Å². The molecule has 0 spiro atoms. The fourth-order valence-corrected chi connectivity index (χ4v) is 4.22. The second-order valence-corrected chi connectivity index (χ2v) is 8.93. The molecule has 0 unspecified atom stereocenters. The van der Waals surface area contributed by atoms with Crippen molar-refractivity contribution in [2.75, 3.05) is 50.0 Å². The second kappa shape index (κ2) is 9.69. The molecule has 0 radical (unpaired) electrons. The summed E-state index contributed by atoms with van der Waals surface area (Å²) >= 11 is 0. The van der Waals surface area contributed by atoms with E-state index >= 15 is 0 Å². The van der Waals surface area contributed by atoms with Crippen molar-refractivity contribution in [3.05, 3.63) is 71.4 Å². The molecule has 1 aromatic heterocycles. The summed E-state index contributed by atoms with van der Waals surface area (Å²) in [5, 5.41) is 2.98. The third-order valence-corrected chi connectivity index (χ3v) is 6.34. The van der Waals surface area contributed by atoms with Crippen LogP contribution in [0.5, 0.6) is 11.6 Å². The van der Waals surface area contributed by atoms with E-state index in [1.807, 2.05) is 61.5 Å². The summed E-state index contributed by atoms with van der Waals surface area (Å²) in [7, 11) is 2.13. The number of hydrogen-bond donors (Lipinski definition) is 1. The number of likely N-dealkylation sites (N-methyl/N-ethyl adjacent to an activating group) is 1. The molecule has 1 N–H and O–H groups in total. The molecule has 2 aliphatic rings. The van der Waals surface area contributed by atoms with Gasteiger partial charge in [-0.05, 0) is 38.2 Å². The van der Waals surface area contributed by atoms with E-state index < -0.39 is 0 Å². The standard InChI is InChI=1S/C26H30N6O2/c1-19-8-10-21(11-9-19)34-24-22-18-32(26(33)27-20-6-4-3-5-7-20)13-12-23(22)28-25(29-24)31-16-14-30(2)15-17-31/h3-11H,12-18H2,1-2H3,(H,27,33). The predicted octanol–water partition coefficient (Wildman–Crippen LogP) is 3.92. The van der Waals surface area contributed by atoms with Gasteiger partial charge in [0, 0.05) is 44.8 Å². The number of benzene rings is 2. The van der Waals surface area contributed by atoms with Crippen LogP contribution in [0.3, 0.4) is 0 Å². The molecule has 1 fully saturated rings. The Hall–Kier alpha value is -3.65. The van der Waals surface area contributed by atoms with Crippen LogP contribution in [0.25, 0.3) is 0 Å². The zero-order valence-electron chi connectivity index (χ0n) is 19.7. The summed E-state index contributed by atoms with van der Waals surface area (Å²) < 4.78 is 6.28. The van der Waals surface area contributed by atoms with E-state index in [-0.39, 0.29) is 6.03 Å². The second-order valence-electron chi connectivity index (χ2n) is 8.93. The van der Waals surface area contributed by atoms with Crippen LogP contribution in [0.15, 0.2) is 54.6 Å². The Kier molecular flexibility index (Phi) is 6.31. The van der Waals surface area contributed by atoms with Crippen LogP contribution >= 0.6 is 0 Å². The van der Waals surface area contributed by atoms with Crippen LogP contribution in [0.1, 0.15) is 16.8 Å². The molecule has 0 aliphatic carbocycles. The van der Waals surface area contributed by atoms with Gasteiger partial charge < -0.3 is 24.8 Å². The number of aryl methyl sites for hydroxylation is 1. The quantitative estimate of drug-likeness (QED) is 0.639. The molecule has 3 aromatic rings. The minimum atomic E-state index is -0.138. The Morgan fingerprint density at radius 1 is 0.941 bits per heavy atom. The van der Waals surface area contributed by atoms with Crippen LogP contribution in [-0.4, -0.2) is 65.6 Å². The Labute approximate surface area is 200 Å². The first kappa shape index (κ1) is 22.2. The summed E-state index contributed by atoms with van der Waals surface area (Å²) in [4.78, 5) is 29.0. The average Bonchev–Trinajstić information content (AvgIpc) is 2.86. The van der Waals surface area contributed by atoms with Crippen molar-refractivity contribution in [2.24, 2.45) is 0 Å². The molecular formula is C26H30N6O2. The Morgan fingerprint density at radius 2 is 1.68 bits per heavy atom. The van der Waals surface area contributed by atoms with E-state index in [0.29, 0.717) is 31.3 Å². The predicted molar refractivity (Wildman–Crippen MR) is 133 cm³/mol. The lowest BCUT2D eigenvalue weighted by Crippen LogP contribution is -2.45. The number of nitrogens with one attached hydrogen (secondary N) is 1. The molecule has 2 amide bonds. The number of hydrogen-bond acceptors (Lipinski definition) is 6. The van der Waals surface area contributed by atoms with Crippen molar-refractivity contribution in [1.82, 2.24) is 19.8 Å². The highest BCUT2D eigenvalue weighted by atomic mass is 16.5. The number of carbonyl (C=O) groups excluding carboxylic acids is 1. The van der Waals surface area contributed by atoms with Crippen LogP contribution in [-0.2, 0) is 13.0 Å². The van der Waals surface area contributed by atoms with E-state index in [0.717, 1.165) is 48.9 Å². The maximum absolute atomic E-state index is 12.9. The zero-order chi connectivity index (χ0) is 23.5. The summed E-state index contributed by atoms with van der Waals surface area (Å²) in [5.74, 6) is 1.96. The number of urea groups is 1. The van der Waals surface area contributed by atoms with Gasteiger partial charge in [-0.1, -0.05) is 35.9 Å². The fraction of sp³-hybridized carbons (Fsp3) is 0.346. The van der Waals surface area contributed by atoms with Crippen LogP contribution in [0.4, 0.5) is 16.4 Å². The Balaban J connectivity index is 1.42. The molecule has 3 heterocycles. The molecular weight excluding hydrogens is 428 g/mol. The molecule has 176 valence electrons. The minimum absolute atomic E-state index is 0.138. The molecule has 34 heavy (non-hydrogen) atoms. The average molecular weight is 459 g/mol. The third kappa shape index (κ3) is 4.97. The topological polar surface area (TPSA) is 73.8 Å². The van der Waals surface area contributed by atoms with Gasteiger partial charge in [0.25, 0.3) is 0 Å². The number of fused-ring (bicyclic) bond motifs is 1. The highest BCUT2D eigenvalue weighted by Crippen LogP contribution is 2.32. The summed E-state index contributed by atoms with van der Waals surface area (Å²) in [6.07, 6.45) is 0.658. The van der Waals surface area contributed by atoms with Gasteiger partial charge in [0.1, 0.15) is 5.75 Å². The lowest BCUT2D eigenvalue weighted by atomic mass is 10.1. The minimum Gasteiger partial charge on any atom is -0.438 e. The maximum atomic E-state index is 12.9. The Bertz CT molecular complexity index is 1140. The van der Waals surface area contributed by atoms with E-state index in [4.69, 9.17) is 14.7 Å². The summed E-state index contributed by atoms with van der Waals surface area (Å²) in [6, 6.07) is 17.3. The normalized spacial score (nSPS) is 16.2. The molecule has 2 aliphatic heterocycles. The van der Waals surface area contributed by atoms with Gasteiger partial charge in [-0.15, -0.1) is 0 Å². The first-order valence-electron chi connectivity index (χ1n) is 11.7. The summed E-state index contributed by atoms with van der Waals surface area (Å²) in [5.41, 5.74) is 3.76. The monoisotopic (exact) mass is 458 g/mol. The fourth-order valence-electron chi connectivity index (χ4n) is 4.22. The van der Waals surface area contributed by atoms with Crippen LogP contribution < -0.4 is 15.0 Å². The van der Waals surface area contributed by atoms with Crippen molar-refractivity contribution in [1.29, 1.82) is 0 Å². The lowest BCUT2D eigenvalue weighted by molar-refractivity contribution is 0.205. The SMILES string of the molecule is Cc1ccc(Oc2nc(N3CCN(C)CC3)nc3c2CN(C(=O)Nc2ccccc2)CC3)cc1. The van der Waals surface area contributed by atoms with Gasteiger partial charge in [0.15, 0.2) is 0 Å². The Morgan fingerprint density at radius 3 is 2.41 bits per heavy atom. The van der Waals surface area contributed by atoms with E-state index in [9.17, 15) is 4.79 Å². The number of ether oxygens (including phenoxy) is 1. The first-order valence-corrected chi connectivity index (χ1v) is 11.7. The first-order chi connectivity index (χ1) is 16.5. The van der Waals surface area contributed by atoms with Crippen molar-refractivity contribution < 1.29 is 9.53 Å². The molecule has 8 nitrogen and oxygen atoms in total. The van der Waals surface area contributed by atoms with E-state index in [2.05, 4.69) is 22.2 Å². The molecule has 8 heteroatoms. The summed E-state index contributed by atoms with van der Waals surface area (Å²) in [6.45, 7) is 6.75. The van der Waals surface area contributed by atoms with Gasteiger partial charge >= 0.3 is 6.03 Å². The number of piperazine rings is 1. The number of amides is 2. The zero-order valence-corrected chi connectivity index (χ0v) is 19.7. The largest absolute Gasteiger partial charge is 0.438 e. The van der Waals surface area contributed by atoms with Gasteiger partial charge in [-0.25, -0.2) is 9.78 Å². The highest BCUT2D eigenvalue weighted by molar-refractivity contribution is 5.89. The lowest BCUT2D eigenvalue weighted by Gasteiger charge is -2.34. The van der Waals surface area contributed by atoms with Crippen LogP contribution in [0.2, 0.25) is 0 Å². The van der Waals surface area contributed by atoms with Gasteiger partial charge in [-0.2, -0.15) is 4.98 Å². The van der Waals surface area contributed by atoms with Crippen molar-refractivity contribution in [3.8, 4) is 11.6 Å². The van der Waals surface area contributed by atoms with Gasteiger partial charge in [-0.3, -0.25) is 0 Å². The van der Waals surface area contributed by atoms with Gasteiger partial charge in [0.2, 0.25) is 11.8 Å². The van der Waals surface area contributed by atoms with Gasteiger partial charge in [0.05, 0.1) is 17.8 Å². The number of para-hydroxylation sites is 1. The smallest absolute Gasteiger partial charge is 0.322 e.